The molecule has 1 amide bonds. The van der Waals surface area contributed by atoms with Gasteiger partial charge in [-0.25, -0.2) is 4.98 Å². The molecule has 0 aliphatic carbocycles. The highest BCUT2D eigenvalue weighted by atomic mass is 16.5. The zero-order valence-corrected chi connectivity index (χ0v) is 16.6. The van der Waals surface area contributed by atoms with E-state index in [4.69, 9.17) is 14.2 Å². The van der Waals surface area contributed by atoms with Gasteiger partial charge in [0.25, 0.3) is 5.88 Å². The number of carbonyl (C=O) groups is 1. The zero-order valence-electron chi connectivity index (χ0n) is 16.6. The van der Waals surface area contributed by atoms with Gasteiger partial charge in [-0.2, -0.15) is 0 Å². The Balaban J connectivity index is 1.51. The van der Waals surface area contributed by atoms with Crippen LogP contribution in [0.3, 0.4) is 0 Å². The van der Waals surface area contributed by atoms with Gasteiger partial charge < -0.3 is 19.1 Å². The quantitative estimate of drug-likeness (QED) is 0.724. The van der Waals surface area contributed by atoms with Crippen LogP contribution in [0.25, 0.3) is 11.0 Å². The molecule has 28 heavy (non-hydrogen) atoms. The van der Waals surface area contributed by atoms with Crippen LogP contribution in [-0.2, 0) is 11.2 Å². The van der Waals surface area contributed by atoms with Gasteiger partial charge in [-0.05, 0) is 61.5 Å². The van der Waals surface area contributed by atoms with Crippen molar-refractivity contribution in [3.63, 3.8) is 0 Å². The summed E-state index contributed by atoms with van der Waals surface area (Å²) < 4.78 is 10.2. The fourth-order valence-electron chi connectivity index (χ4n) is 3.84. The molecule has 0 saturated carbocycles. The number of hydrogen-bond donors (Lipinski definition) is 1. The maximum absolute atomic E-state index is 12.9. The van der Waals surface area contributed by atoms with E-state index in [1.807, 2.05) is 4.90 Å². The number of likely N-dealkylation sites (tertiary alicyclic amines) is 1. The maximum Gasteiger partial charge on any atom is 0.254 e. The Kier molecular flexibility index (Phi) is 5.07. The summed E-state index contributed by atoms with van der Waals surface area (Å²) in [5.41, 5.74) is 4.46. The van der Waals surface area contributed by atoms with Gasteiger partial charge in [-0.1, -0.05) is 0 Å². The highest BCUT2D eigenvalue weighted by molar-refractivity contribution is 5.79. The predicted molar refractivity (Wildman–Crippen MR) is 105 cm³/mol. The third kappa shape index (κ3) is 3.61. The normalized spacial score (nSPS) is 17.2. The maximum atomic E-state index is 12.9. The van der Waals surface area contributed by atoms with Crippen LogP contribution in [0, 0.1) is 13.8 Å². The first kappa shape index (κ1) is 18.5. The molecule has 1 aliphatic heterocycles. The number of fused-ring (bicyclic) bond motifs is 1. The van der Waals surface area contributed by atoms with Gasteiger partial charge >= 0.3 is 0 Å². The van der Waals surface area contributed by atoms with Crippen LogP contribution in [0.1, 0.15) is 54.4 Å². The van der Waals surface area contributed by atoms with Crippen LogP contribution in [0.15, 0.2) is 22.7 Å². The topological polar surface area (TPSA) is 84.2 Å². The van der Waals surface area contributed by atoms with Crippen molar-refractivity contribution in [3.05, 3.63) is 40.9 Å². The van der Waals surface area contributed by atoms with Crippen molar-refractivity contribution in [2.45, 2.75) is 52.0 Å². The summed E-state index contributed by atoms with van der Waals surface area (Å²) in [5.74, 6) is 2.10. The molecule has 148 valence electrons. The molecule has 1 fully saturated rings. The fraction of sp³-hybridized carbons (Fsp3) is 0.476. The first-order chi connectivity index (χ1) is 13.5. The van der Waals surface area contributed by atoms with Gasteiger partial charge in [0.15, 0.2) is 0 Å². The number of nitrogens with one attached hydrogen (secondary N) is 1. The number of aromatic nitrogens is 3. The number of H-pyrrole nitrogens is 1. The van der Waals surface area contributed by atoms with Crippen LogP contribution in [0.2, 0.25) is 0 Å². The third-order valence-electron chi connectivity index (χ3n) is 5.59. The summed E-state index contributed by atoms with van der Waals surface area (Å²) >= 11 is 0. The molecule has 4 rings (SSSR count). The van der Waals surface area contributed by atoms with Crippen molar-refractivity contribution in [2.24, 2.45) is 0 Å². The summed E-state index contributed by atoms with van der Waals surface area (Å²) in [7, 11) is 1.54. The van der Waals surface area contributed by atoms with Crippen LogP contribution < -0.4 is 4.74 Å². The standard InChI is InChI=1S/C21H26N4O3/c1-13-10-16-17(11-14(13)2)23-21(22-16)18-6-4-5-9-25(18)20(26)8-7-15-12-19(27-3)24-28-15/h10-12,18H,4-9H2,1-3H3,(H,22,23)/t18-/m0/s1. The van der Waals surface area contributed by atoms with Crippen LogP contribution in [0.4, 0.5) is 0 Å². The molecule has 0 unspecified atom stereocenters. The third-order valence-corrected chi connectivity index (χ3v) is 5.59. The fourth-order valence-corrected chi connectivity index (χ4v) is 3.84. The first-order valence-electron chi connectivity index (χ1n) is 9.81. The van der Waals surface area contributed by atoms with Crippen LogP contribution in [0.5, 0.6) is 5.88 Å². The summed E-state index contributed by atoms with van der Waals surface area (Å²) in [5, 5.41) is 3.79. The van der Waals surface area contributed by atoms with E-state index in [-0.39, 0.29) is 11.9 Å². The van der Waals surface area contributed by atoms with Crippen molar-refractivity contribution in [1.82, 2.24) is 20.0 Å². The second-order valence-corrected chi connectivity index (χ2v) is 7.51. The van der Waals surface area contributed by atoms with Gasteiger partial charge in [0, 0.05) is 25.5 Å². The lowest BCUT2D eigenvalue weighted by Crippen LogP contribution is -2.39. The number of imidazole rings is 1. The van der Waals surface area contributed by atoms with Crippen LogP contribution >= 0.6 is 0 Å². The first-order valence-corrected chi connectivity index (χ1v) is 9.81. The smallest absolute Gasteiger partial charge is 0.254 e. The highest BCUT2D eigenvalue weighted by Gasteiger charge is 2.30. The molecule has 0 bridgehead atoms. The van der Waals surface area contributed by atoms with E-state index in [1.54, 1.807) is 13.2 Å². The Morgan fingerprint density at radius 1 is 1.29 bits per heavy atom. The van der Waals surface area contributed by atoms with Crippen molar-refractivity contribution >= 4 is 16.9 Å². The summed E-state index contributed by atoms with van der Waals surface area (Å²) in [6.45, 7) is 4.96. The SMILES string of the molecule is COc1cc(CCC(=O)N2CCCC[C@H]2c2nc3cc(C)c(C)cc3[nH]2)on1. The van der Waals surface area contributed by atoms with Gasteiger partial charge in [0.1, 0.15) is 11.6 Å². The number of methoxy groups -OCH3 is 1. The number of aromatic amines is 1. The molecule has 0 radical (unpaired) electrons. The Labute approximate surface area is 164 Å². The van der Waals surface area contributed by atoms with E-state index in [0.717, 1.165) is 42.7 Å². The number of rotatable bonds is 5. The Morgan fingerprint density at radius 3 is 2.89 bits per heavy atom. The molecule has 7 heteroatoms. The number of benzene rings is 1. The van der Waals surface area contributed by atoms with Gasteiger partial charge in [0.05, 0.1) is 24.2 Å². The monoisotopic (exact) mass is 382 g/mol. The van der Waals surface area contributed by atoms with Crippen LogP contribution in [-0.4, -0.2) is 39.6 Å². The molecular weight excluding hydrogens is 356 g/mol. The molecule has 1 aliphatic rings. The number of hydrogen-bond acceptors (Lipinski definition) is 5. The lowest BCUT2D eigenvalue weighted by Gasteiger charge is -2.34. The summed E-state index contributed by atoms with van der Waals surface area (Å²) in [6.07, 6.45) is 3.95. The number of aryl methyl sites for hydroxylation is 3. The molecule has 0 spiro atoms. The lowest BCUT2D eigenvalue weighted by molar-refractivity contribution is -0.135. The zero-order chi connectivity index (χ0) is 19.7. The number of amides is 1. The molecule has 1 atom stereocenters. The van der Waals surface area contributed by atoms with Crippen molar-refractivity contribution in [2.75, 3.05) is 13.7 Å². The average Bonchev–Trinajstić information content (AvgIpc) is 3.33. The predicted octanol–water partition coefficient (Wildman–Crippen LogP) is 3.86. The molecule has 2 aromatic heterocycles. The van der Waals surface area contributed by atoms with E-state index >= 15 is 0 Å². The lowest BCUT2D eigenvalue weighted by atomic mass is 10.0. The van der Waals surface area contributed by atoms with Crippen molar-refractivity contribution in [1.29, 1.82) is 0 Å². The molecule has 1 N–H and O–H groups in total. The van der Waals surface area contributed by atoms with E-state index in [1.165, 1.54) is 11.1 Å². The Hall–Kier alpha value is -2.83. The van der Waals surface area contributed by atoms with Gasteiger partial charge in [-0.15, -0.1) is 0 Å². The largest absolute Gasteiger partial charge is 0.479 e. The second-order valence-electron chi connectivity index (χ2n) is 7.51. The number of carbonyl (C=O) groups excluding carboxylic acids is 1. The van der Waals surface area contributed by atoms with Crippen molar-refractivity contribution < 1.29 is 14.1 Å². The van der Waals surface area contributed by atoms with E-state index in [9.17, 15) is 4.79 Å². The highest BCUT2D eigenvalue weighted by Crippen LogP contribution is 2.31. The average molecular weight is 382 g/mol. The molecule has 3 heterocycles. The number of ether oxygens (including phenoxy) is 1. The molecular formula is C21H26N4O3. The molecule has 1 saturated heterocycles. The summed E-state index contributed by atoms with van der Waals surface area (Å²) in [4.78, 5) is 23.2. The van der Waals surface area contributed by atoms with Crippen molar-refractivity contribution in [3.8, 4) is 5.88 Å². The molecule has 7 nitrogen and oxygen atoms in total. The summed E-state index contributed by atoms with van der Waals surface area (Å²) in [6, 6.07) is 5.97. The second kappa shape index (κ2) is 7.66. The Bertz CT molecular complexity index is 952. The van der Waals surface area contributed by atoms with Gasteiger partial charge in [-0.3, -0.25) is 4.79 Å². The minimum atomic E-state index is -0.00137. The number of piperidine rings is 1. The van der Waals surface area contributed by atoms with E-state index in [2.05, 4.69) is 36.1 Å². The Morgan fingerprint density at radius 2 is 2.11 bits per heavy atom. The molecule has 1 aromatic carbocycles. The number of nitrogens with zero attached hydrogens (tertiary/aromatic N) is 3. The minimum Gasteiger partial charge on any atom is -0.479 e. The van der Waals surface area contributed by atoms with E-state index < -0.39 is 0 Å². The molecule has 3 aromatic rings. The van der Waals surface area contributed by atoms with Gasteiger partial charge in [0.2, 0.25) is 5.91 Å². The minimum absolute atomic E-state index is 0.00137. The van der Waals surface area contributed by atoms with E-state index in [0.29, 0.717) is 24.5 Å².